The van der Waals surface area contributed by atoms with E-state index in [0.717, 1.165) is 14.7 Å². The summed E-state index contributed by atoms with van der Waals surface area (Å²) in [6.07, 6.45) is 2.80. The molecule has 1 aliphatic heterocycles. The molecular formula is C15H12IN3O2. The molecule has 2 heterocycles. The zero-order valence-electron chi connectivity index (χ0n) is 11.2. The van der Waals surface area contributed by atoms with Gasteiger partial charge in [-0.25, -0.2) is 0 Å². The third-order valence-corrected chi connectivity index (χ3v) is 3.70. The molecule has 3 rings (SSSR count). The van der Waals surface area contributed by atoms with Crippen molar-refractivity contribution in [3.8, 4) is 0 Å². The van der Waals surface area contributed by atoms with Crippen LogP contribution in [0.3, 0.4) is 0 Å². The number of nitrogens with zero attached hydrogens (tertiary/aromatic N) is 3. The lowest BCUT2D eigenvalue weighted by Crippen LogP contribution is -2.25. The summed E-state index contributed by atoms with van der Waals surface area (Å²) in [7, 11) is 0. The minimum Gasteiger partial charge on any atom is -0.446 e. The first-order valence-corrected chi connectivity index (χ1v) is 7.44. The Hall–Kier alpha value is -1.96. The highest BCUT2D eigenvalue weighted by Crippen LogP contribution is 2.30. The second-order valence-electron chi connectivity index (χ2n) is 4.53. The van der Waals surface area contributed by atoms with Crippen LogP contribution in [-0.4, -0.2) is 21.8 Å². The molecule has 0 spiro atoms. The number of carbonyl (C=O) groups excluding carboxylic acids is 1. The summed E-state index contributed by atoms with van der Waals surface area (Å²) in [4.78, 5) is 15.8. The summed E-state index contributed by atoms with van der Waals surface area (Å²) >= 11 is 2.23. The fourth-order valence-electron chi connectivity index (χ4n) is 2.05. The van der Waals surface area contributed by atoms with Gasteiger partial charge in [-0.2, -0.15) is 5.01 Å². The van der Waals surface area contributed by atoms with Crippen LogP contribution in [0.2, 0.25) is 0 Å². The molecule has 1 atom stereocenters. The van der Waals surface area contributed by atoms with Crippen LogP contribution in [0.5, 0.6) is 0 Å². The van der Waals surface area contributed by atoms with E-state index < -0.39 is 6.23 Å². The number of hydrogen-bond donors (Lipinski definition) is 0. The molecule has 0 saturated carbocycles. The van der Waals surface area contributed by atoms with Crippen molar-refractivity contribution in [2.75, 3.05) is 0 Å². The molecule has 0 unspecified atom stereocenters. The molecule has 21 heavy (non-hydrogen) atoms. The molecule has 0 bridgehead atoms. The van der Waals surface area contributed by atoms with E-state index in [4.69, 9.17) is 4.74 Å². The molecule has 0 N–H and O–H groups in total. The summed E-state index contributed by atoms with van der Waals surface area (Å²) < 4.78 is 6.96. The maximum Gasteiger partial charge on any atom is 0.243 e. The number of amides is 1. The first-order chi connectivity index (χ1) is 10.1. The van der Waals surface area contributed by atoms with Crippen molar-refractivity contribution in [1.82, 2.24) is 9.99 Å². The topological polar surface area (TPSA) is 54.8 Å². The van der Waals surface area contributed by atoms with Crippen molar-refractivity contribution in [2.24, 2.45) is 5.10 Å². The Morgan fingerprint density at radius 3 is 2.71 bits per heavy atom. The van der Waals surface area contributed by atoms with Crippen molar-refractivity contribution in [3.63, 3.8) is 0 Å². The minimum atomic E-state index is -0.527. The first kappa shape index (κ1) is 14.0. The highest BCUT2D eigenvalue weighted by atomic mass is 127. The van der Waals surface area contributed by atoms with Gasteiger partial charge in [0, 0.05) is 34.0 Å². The quantitative estimate of drug-likeness (QED) is 0.738. The third-order valence-electron chi connectivity index (χ3n) is 3.03. The average molecular weight is 393 g/mol. The summed E-state index contributed by atoms with van der Waals surface area (Å²) in [5, 5.41) is 5.66. The highest BCUT2D eigenvalue weighted by molar-refractivity contribution is 14.1. The van der Waals surface area contributed by atoms with Gasteiger partial charge in [0.2, 0.25) is 18.0 Å². The summed E-state index contributed by atoms with van der Waals surface area (Å²) in [5.74, 6) is 0.263. The minimum absolute atomic E-state index is 0.164. The molecule has 0 radical (unpaired) electrons. The Morgan fingerprint density at radius 1 is 1.29 bits per heavy atom. The predicted molar refractivity (Wildman–Crippen MR) is 86.3 cm³/mol. The Labute approximate surface area is 135 Å². The van der Waals surface area contributed by atoms with Crippen LogP contribution in [0.25, 0.3) is 0 Å². The van der Waals surface area contributed by atoms with Crippen LogP contribution in [0.1, 0.15) is 24.3 Å². The van der Waals surface area contributed by atoms with Gasteiger partial charge >= 0.3 is 0 Å². The van der Waals surface area contributed by atoms with Gasteiger partial charge in [0.1, 0.15) is 0 Å². The molecular weight excluding hydrogens is 381 g/mol. The lowest BCUT2D eigenvalue weighted by molar-refractivity contribution is -0.135. The number of halogens is 1. The van der Waals surface area contributed by atoms with E-state index in [2.05, 4.69) is 32.7 Å². The number of ether oxygens (including phenoxy) is 1. The summed E-state index contributed by atoms with van der Waals surface area (Å²) in [6.45, 7) is 1.48. The number of hydrazone groups is 1. The SMILES string of the molecule is CC(=O)N1N=C(c2ccncc2)O[C@@H]1c1cccc(I)c1. The molecule has 0 fully saturated rings. The zero-order chi connectivity index (χ0) is 14.8. The van der Waals surface area contributed by atoms with Crippen molar-refractivity contribution in [1.29, 1.82) is 0 Å². The zero-order valence-corrected chi connectivity index (χ0v) is 13.4. The molecule has 0 aliphatic carbocycles. The Bertz CT molecular complexity index is 703. The summed E-state index contributed by atoms with van der Waals surface area (Å²) in [6, 6.07) is 11.4. The van der Waals surface area contributed by atoms with Gasteiger partial charge in [0.15, 0.2) is 0 Å². The fraction of sp³-hybridized carbons (Fsp3) is 0.133. The number of hydrogen-bond acceptors (Lipinski definition) is 4. The second-order valence-corrected chi connectivity index (χ2v) is 5.78. The lowest BCUT2D eigenvalue weighted by atomic mass is 10.2. The van der Waals surface area contributed by atoms with Gasteiger partial charge < -0.3 is 4.74 Å². The lowest BCUT2D eigenvalue weighted by Gasteiger charge is -2.19. The number of aromatic nitrogens is 1. The van der Waals surface area contributed by atoms with Gasteiger partial charge in [-0.15, -0.1) is 5.10 Å². The van der Waals surface area contributed by atoms with E-state index in [-0.39, 0.29) is 5.91 Å². The van der Waals surface area contributed by atoms with Crippen LogP contribution in [-0.2, 0) is 9.53 Å². The Kier molecular flexibility index (Phi) is 3.87. The van der Waals surface area contributed by atoms with Gasteiger partial charge in [0.05, 0.1) is 0 Å². The average Bonchev–Trinajstić information content (AvgIpc) is 2.93. The van der Waals surface area contributed by atoms with E-state index >= 15 is 0 Å². The van der Waals surface area contributed by atoms with Crippen LogP contribution < -0.4 is 0 Å². The van der Waals surface area contributed by atoms with Crippen molar-refractivity contribution >= 4 is 34.4 Å². The smallest absolute Gasteiger partial charge is 0.243 e. The van der Waals surface area contributed by atoms with Crippen LogP contribution in [0.15, 0.2) is 53.9 Å². The molecule has 1 aliphatic rings. The monoisotopic (exact) mass is 393 g/mol. The predicted octanol–water partition coefficient (Wildman–Crippen LogP) is 2.93. The van der Waals surface area contributed by atoms with Crippen molar-refractivity contribution < 1.29 is 9.53 Å². The maximum atomic E-state index is 11.8. The normalized spacial score (nSPS) is 17.3. The van der Waals surface area contributed by atoms with Gasteiger partial charge in [0.25, 0.3) is 0 Å². The van der Waals surface area contributed by atoms with E-state index in [0.29, 0.717) is 5.90 Å². The van der Waals surface area contributed by atoms with Crippen LogP contribution >= 0.6 is 22.6 Å². The molecule has 2 aromatic rings. The van der Waals surface area contributed by atoms with Crippen molar-refractivity contribution in [2.45, 2.75) is 13.2 Å². The maximum absolute atomic E-state index is 11.8. The molecule has 6 heteroatoms. The first-order valence-electron chi connectivity index (χ1n) is 6.36. The number of rotatable bonds is 2. The molecule has 106 valence electrons. The van der Waals surface area contributed by atoms with Crippen LogP contribution in [0, 0.1) is 3.57 Å². The molecule has 1 aromatic heterocycles. The van der Waals surface area contributed by atoms with Crippen LogP contribution in [0.4, 0.5) is 0 Å². The molecule has 0 saturated heterocycles. The van der Waals surface area contributed by atoms with E-state index in [1.54, 1.807) is 24.5 Å². The Balaban J connectivity index is 1.95. The van der Waals surface area contributed by atoms with E-state index in [1.165, 1.54) is 11.9 Å². The van der Waals surface area contributed by atoms with Gasteiger partial charge in [-0.3, -0.25) is 9.78 Å². The third kappa shape index (κ3) is 2.90. The number of carbonyl (C=O) groups is 1. The molecule has 5 nitrogen and oxygen atoms in total. The largest absolute Gasteiger partial charge is 0.446 e. The Morgan fingerprint density at radius 2 is 2.05 bits per heavy atom. The summed E-state index contributed by atoms with van der Waals surface area (Å²) in [5.41, 5.74) is 1.69. The highest BCUT2D eigenvalue weighted by Gasteiger charge is 2.33. The van der Waals surface area contributed by atoms with Gasteiger partial charge in [-0.05, 0) is 46.9 Å². The van der Waals surface area contributed by atoms with Gasteiger partial charge in [-0.1, -0.05) is 12.1 Å². The fourth-order valence-corrected chi connectivity index (χ4v) is 2.62. The molecule has 1 aromatic carbocycles. The number of pyridine rings is 1. The van der Waals surface area contributed by atoms with E-state index in [1.807, 2.05) is 24.3 Å². The standard InChI is InChI=1S/C15H12IN3O2/c1-10(20)19-15(12-3-2-4-13(16)9-12)21-14(18-19)11-5-7-17-8-6-11/h2-9,15H,1H3/t15-/m1/s1. The molecule has 1 amide bonds. The van der Waals surface area contributed by atoms with E-state index in [9.17, 15) is 4.79 Å². The number of benzene rings is 1. The second kappa shape index (κ2) is 5.80. The van der Waals surface area contributed by atoms with Crippen molar-refractivity contribution in [3.05, 3.63) is 63.5 Å².